The summed E-state index contributed by atoms with van der Waals surface area (Å²) in [5.74, 6) is 0.777. The van der Waals surface area contributed by atoms with Crippen LogP contribution in [0.3, 0.4) is 0 Å². The number of hydrogen-bond acceptors (Lipinski definition) is 6. The second kappa shape index (κ2) is 15.6. The lowest BCUT2D eigenvalue weighted by Gasteiger charge is -2.19. The van der Waals surface area contributed by atoms with Gasteiger partial charge in [0, 0.05) is 66.2 Å². The zero-order valence-corrected chi connectivity index (χ0v) is 29.3. The topological polar surface area (TPSA) is 111 Å². The van der Waals surface area contributed by atoms with Crippen LogP contribution < -0.4 is 20.1 Å². The Bertz CT molecular complexity index is 1240. The highest BCUT2D eigenvalue weighted by atomic mass is 128. The van der Waals surface area contributed by atoms with Crippen molar-refractivity contribution in [1.29, 1.82) is 0 Å². The van der Waals surface area contributed by atoms with Crippen LogP contribution in [-0.2, 0) is 31.6 Å². The monoisotopic (exact) mass is 790 g/mol. The molecule has 0 aliphatic rings. The molecular weight excluding hydrogens is 752 g/mol. The molecule has 0 heterocycles. The van der Waals surface area contributed by atoms with E-state index in [9.17, 15) is 18.7 Å². The summed E-state index contributed by atoms with van der Waals surface area (Å²) in [4.78, 5) is 24.8. The van der Waals surface area contributed by atoms with Crippen molar-refractivity contribution in [3.63, 3.8) is 0 Å². The van der Waals surface area contributed by atoms with Crippen LogP contribution in [-0.4, -0.2) is 65.0 Å². The summed E-state index contributed by atoms with van der Waals surface area (Å²) < 4.78 is 35.6. The van der Waals surface area contributed by atoms with Gasteiger partial charge in [0.2, 0.25) is 11.8 Å². The fourth-order valence-electron chi connectivity index (χ4n) is 4.12. The SMILES string of the molecule is CCc1cc(NC(=O)CP(C)(C)=O)cc(Cc2cc(NC(=O)CP(C)(C)=O)cc(C)c2OC)c1OC.II. The lowest BCUT2D eigenvalue weighted by Crippen LogP contribution is -2.17. The van der Waals surface area contributed by atoms with Crippen molar-refractivity contribution in [3.8, 4) is 11.5 Å². The second-order valence-corrected chi connectivity index (χ2v) is 16.8. The van der Waals surface area contributed by atoms with Gasteiger partial charge in [-0.1, -0.05) is 6.92 Å². The summed E-state index contributed by atoms with van der Waals surface area (Å²) >= 11 is 4.24. The van der Waals surface area contributed by atoms with E-state index in [0.29, 0.717) is 35.7 Å². The number of amides is 2. The smallest absolute Gasteiger partial charge is 0.231 e. The van der Waals surface area contributed by atoms with Gasteiger partial charge in [0.05, 0.1) is 40.8 Å². The fraction of sp³-hybridized carbons (Fsp3) is 0.462. The van der Waals surface area contributed by atoms with Crippen molar-refractivity contribution in [1.82, 2.24) is 0 Å². The molecule has 2 aromatic rings. The highest BCUT2D eigenvalue weighted by Crippen LogP contribution is 2.38. The van der Waals surface area contributed by atoms with Crippen LogP contribution in [0.25, 0.3) is 0 Å². The van der Waals surface area contributed by atoms with Crippen LogP contribution in [0, 0.1) is 6.92 Å². The van der Waals surface area contributed by atoms with E-state index in [1.165, 1.54) is 0 Å². The van der Waals surface area contributed by atoms with E-state index in [4.69, 9.17) is 9.47 Å². The first-order valence-electron chi connectivity index (χ1n) is 11.8. The van der Waals surface area contributed by atoms with E-state index in [0.717, 1.165) is 22.3 Å². The normalized spacial score (nSPS) is 11.2. The standard InChI is InChI=1S/C26H38N2O6P2.I2/c1-9-18-12-22(28-24(30)16-36(7,8)32)14-20(26(18)34-4)11-19-13-21(10-17(2)25(19)33-3)27-23(29)15-35(5,6)31;1-2/h10,12-14H,9,11,15-16H2,1-8H3,(H,27,29)(H,28,30);. The highest BCUT2D eigenvalue weighted by molar-refractivity contribution is 15.0. The number of benzene rings is 2. The summed E-state index contributed by atoms with van der Waals surface area (Å²) in [5, 5.41) is 5.71. The van der Waals surface area contributed by atoms with Gasteiger partial charge in [0.15, 0.2) is 0 Å². The minimum atomic E-state index is -2.51. The third-order valence-electron chi connectivity index (χ3n) is 5.38. The Kier molecular flexibility index (Phi) is 14.4. The van der Waals surface area contributed by atoms with Crippen LogP contribution >= 0.6 is 51.5 Å². The molecule has 2 rings (SSSR count). The third-order valence-corrected chi connectivity index (χ3v) is 7.48. The number of nitrogens with one attached hydrogen (secondary N) is 2. The molecule has 8 nitrogen and oxygen atoms in total. The molecule has 0 radical (unpaired) electrons. The maximum absolute atomic E-state index is 12.4. The summed E-state index contributed by atoms with van der Waals surface area (Å²) in [5.41, 5.74) is 4.59. The van der Waals surface area contributed by atoms with Crippen molar-refractivity contribution in [2.75, 3.05) is 63.8 Å². The summed E-state index contributed by atoms with van der Waals surface area (Å²) in [7, 11) is -1.82. The third kappa shape index (κ3) is 11.6. The second-order valence-electron chi connectivity index (χ2n) is 9.90. The molecule has 2 amide bonds. The summed E-state index contributed by atoms with van der Waals surface area (Å²) in [6.45, 7) is 10.2. The van der Waals surface area contributed by atoms with Gasteiger partial charge in [-0.05, 0) is 75.4 Å². The number of hydrogen-bond donors (Lipinski definition) is 2. The van der Waals surface area contributed by atoms with Crippen molar-refractivity contribution in [3.05, 3.63) is 46.5 Å². The molecule has 0 aliphatic carbocycles. The molecule has 2 aromatic carbocycles. The van der Waals surface area contributed by atoms with Gasteiger partial charge in [-0.3, -0.25) is 9.59 Å². The van der Waals surface area contributed by atoms with Gasteiger partial charge < -0.3 is 29.2 Å². The van der Waals surface area contributed by atoms with Crippen molar-refractivity contribution >= 4 is 74.7 Å². The molecule has 0 atom stereocenters. The largest absolute Gasteiger partial charge is 0.496 e. The van der Waals surface area contributed by atoms with Crippen LogP contribution in [0.4, 0.5) is 11.4 Å². The predicted octanol–water partition coefficient (Wildman–Crippen LogP) is 7.06. The van der Waals surface area contributed by atoms with E-state index in [2.05, 4.69) is 47.9 Å². The molecule has 0 spiro atoms. The van der Waals surface area contributed by atoms with E-state index < -0.39 is 14.3 Å². The maximum Gasteiger partial charge on any atom is 0.231 e. The molecule has 0 saturated heterocycles. The quantitative estimate of drug-likeness (QED) is 0.187. The van der Waals surface area contributed by atoms with E-state index in [-0.39, 0.29) is 24.1 Å². The Morgan fingerprint density at radius 2 is 1.16 bits per heavy atom. The van der Waals surface area contributed by atoms with E-state index in [1.54, 1.807) is 40.9 Å². The van der Waals surface area contributed by atoms with Crippen LogP contribution in [0.15, 0.2) is 24.3 Å². The number of halogens is 2. The van der Waals surface area contributed by atoms with Gasteiger partial charge in [0.25, 0.3) is 0 Å². The van der Waals surface area contributed by atoms with Crippen molar-refractivity contribution in [2.24, 2.45) is 0 Å². The zero-order chi connectivity index (χ0) is 29.3. The van der Waals surface area contributed by atoms with Gasteiger partial charge in [-0.25, -0.2) is 0 Å². The molecule has 212 valence electrons. The molecule has 2 N–H and O–H groups in total. The fourth-order valence-corrected chi connectivity index (χ4v) is 5.66. The van der Waals surface area contributed by atoms with Crippen LogP contribution in [0.5, 0.6) is 11.5 Å². The Morgan fingerprint density at radius 1 is 0.763 bits per heavy atom. The van der Waals surface area contributed by atoms with E-state index in [1.807, 2.05) is 38.1 Å². The summed E-state index contributed by atoms with van der Waals surface area (Å²) in [6.07, 6.45) is 1.02. The minimum absolute atomic E-state index is 0.0347. The van der Waals surface area contributed by atoms with E-state index >= 15 is 0 Å². The average Bonchev–Trinajstić information content (AvgIpc) is 2.77. The average molecular weight is 790 g/mol. The van der Waals surface area contributed by atoms with Crippen molar-refractivity contribution < 1.29 is 28.2 Å². The molecule has 38 heavy (non-hydrogen) atoms. The predicted molar refractivity (Wildman–Crippen MR) is 177 cm³/mol. The Morgan fingerprint density at radius 3 is 1.55 bits per heavy atom. The number of carbonyl (C=O) groups excluding carboxylic acids is 2. The molecule has 0 aliphatic heterocycles. The Hall–Kier alpha value is -1.10. The molecule has 0 fully saturated rings. The van der Waals surface area contributed by atoms with Gasteiger partial charge >= 0.3 is 0 Å². The first-order chi connectivity index (χ1) is 17.7. The minimum Gasteiger partial charge on any atom is -0.496 e. The maximum atomic E-state index is 12.4. The molecular formula is C26H38I2N2O6P2. The number of methoxy groups -OCH3 is 2. The first-order valence-corrected chi connectivity index (χ1v) is 23.7. The molecule has 0 unspecified atom stereocenters. The number of carbonyl (C=O) groups is 2. The molecule has 0 bridgehead atoms. The zero-order valence-electron chi connectivity index (χ0n) is 23.2. The number of ether oxygens (including phenoxy) is 2. The highest BCUT2D eigenvalue weighted by Gasteiger charge is 2.19. The molecule has 0 saturated carbocycles. The van der Waals surface area contributed by atoms with Crippen LogP contribution in [0.2, 0.25) is 0 Å². The number of anilines is 2. The number of rotatable bonds is 11. The lowest BCUT2D eigenvalue weighted by molar-refractivity contribution is -0.114. The number of aryl methyl sites for hydroxylation is 2. The Labute approximate surface area is 249 Å². The summed E-state index contributed by atoms with van der Waals surface area (Å²) in [6, 6.07) is 7.36. The van der Waals surface area contributed by atoms with Crippen molar-refractivity contribution in [2.45, 2.75) is 26.7 Å². The Balaban J connectivity index is 0.00000352. The van der Waals surface area contributed by atoms with Crippen LogP contribution in [0.1, 0.15) is 29.2 Å². The van der Waals surface area contributed by atoms with Gasteiger partial charge in [-0.2, -0.15) is 0 Å². The lowest BCUT2D eigenvalue weighted by atomic mass is 9.96. The molecule has 0 aromatic heterocycles. The van der Waals surface area contributed by atoms with Gasteiger partial charge in [0.1, 0.15) is 11.5 Å². The first kappa shape index (κ1) is 34.9. The molecule has 12 heteroatoms. The van der Waals surface area contributed by atoms with Gasteiger partial charge in [-0.15, -0.1) is 0 Å².